The lowest BCUT2D eigenvalue weighted by atomic mass is 9.94. The van der Waals surface area contributed by atoms with Crippen molar-refractivity contribution in [3.63, 3.8) is 0 Å². The molecule has 0 saturated heterocycles. The molecule has 9 nitrogen and oxygen atoms in total. The van der Waals surface area contributed by atoms with Crippen LogP contribution in [0.25, 0.3) is 0 Å². The van der Waals surface area contributed by atoms with Gasteiger partial charge >= 0.3 is 12.2 Å². The molecule has 0 aromatic heterocycles. The van der Waals surface area contributed by atoms with Gasteiger partial charge in [-0.1, -0.05) is 67.6 Å². The average Bonchev–Trinajstić information content (AvgIpc) is 2.86. The second kappa shape index (κ2) is 15.4. The summed E-state index contributed by atoms with van der Waals surface area (Å²) < 4.78 is 10.3. The number of hydrogen-bond donors (Lipinski definition) is 4. The molecule has 196 valence electrons. The van der Waals surface area contributed by atoms with Gasteiger partial charge in [-0.3, -0.25) is 4.79 Å². The summed E-state index contributed by atoms with van der Waals surface area (Å²) >= 11 is 0. The molecule has 0 radical (unpaired) electrons. The molecular formula is C27H37N3O6. The summed E-state index contributed by atoms with van der Waals surface area (Å²) in [5.74, 6) is -0.258. The van der Waals surface area contributed by atoms with E-state index < -0.39 is 24.3 Å². The zero-order chi connectivity index (χ0) is 26.3. The Labute approximate surface area is 212 Å². The Bertz CT molecular complexity index is 941. The van der Waals surface area contributed by atoms with Gasteiger partial charge in [0.25, 0.3) is 0 Å². The average molecular weight is 500 g/mol. The molecule has 36 heavy (non-hydrogen) atoms. The van der Waals surface area contributed by atoms with Crippen LogP contribution in [-0.2, 0) is 27.5 Å². The highest BCUT2D eigenvalue weighted by Crippen LogP contribution is 2.15. The number of aliphatic hydroxyl groups excluding tert-OH is 1. The Kier molecular flexibility index (Phi) is 12.3. The molecule has 4 atom stereocenters. The first-order chi connectivity index (χ1) is 17.2. The van der Waals surface area contributed by atoms with Crippen LogP contribution in [0.15, 0.2) is 60.7 Å². The molecule has 0 fully saturated rings. The molecule has 2 aromatic carbocycles. The summed E-state index contributed by atoms with van der Waals surface area (Å²) in [4.78, 5) is 35.9. The third-order valence-corrected chi connectivity index (χ3v) is 5.55. The van der Waals surface area contributed by atoms with E-state index in [0.29, 0.717) is 12.8 Å². The lowest BCUT2D eigenvalue weighted by Crippen LogP contribution is -2.43. The molecule has 0 aliphatic carbocycles. The smallest absolute Gasteiger partial charge is 0.407 e. The van der Waals surface area contributed by atoms with Crippen LogP contribution < -0.4 is 16.0 Å². The largest absolute Gasteiger partial charge is 0.445 e. The Morgan fingerprint density at radius 2 is 1.31 bits per heavy atom. The minimum Gasteiger partial charge on any atom is -0.445 e. The van der Waals surface area contributed by atoms with Crippen molar-refractivity contribution in [1.29, 1.82) is 0 Å². The van der Waals surface area contributed by atoms with Crippen molar-refractivity contribution < 1.29 is 29.0 Å². The SMILES string of the molecule is CC(CC(C)NC(=O)CNC(=O)OCc1ccccc1)CC(O)C(C)NC(=O)OCc1ccccc1. The summed E-state index contributed by atoms with van der Waals surface area (Å²) in [5, 5.41) is 18.4. The Morgan fingerprint density at radius 1 is 0.778 bits per heavy atom. The van der Waals surface area contributed by atoms with Gasteiger partial charge in [-0.05, 0) is 43.7 Å². The molecule has 0 bridgehead atoms. The fourth-order valence-electron chi connectivity index (χ4n) is 3.67. The zero-order valence-corrected chi connectivity index (χ0v) is 21.1. The van der Waals surface area contributed by atoms with Crippen molar-refractivity contribution in [2.75, 3.05) is 6.54 Å². The first-order valence-electron chi connectivity index (χ1n) is 12.1. The standard InChI is InChI=1S/C27H37N3O6/c1-19(15-24(31)21(3)30-27(34)36-18-23-12-8-5-9-13-23)14-20(2)29-25(32)16-28-26(33)35-17-22-10-6-4-7-11-22/h4-13,19-21,24,31H,14-18H2,1-3H3,(H,28,33)(H,29,32)(H,30,34). The first kappa shape index (κ1) is 28.6. The molecular weight excluding hydrogens is 462 g/mol. The van der Waals surface area contributed by atoms with Crippen LogP contribution in [0.5, 0.6) is 0 Å². The zero-order valence-electron chi connectivity index (χ0n) is 21.1. The van der Waals surface area contributed by atoms with E-state index in [0.717, 1.165) is 11.1 Å². The summed E-state index contributed by atoms with van der Waals surface area (Å²) in [7, 11) is 0. The molecule has 4 unspecified atom stereocenters. The van der Waals surface area contributed by atoms with E-state index in [2.05, 4.69) is 16.0 Å². The van der Waals surface area contributed by atoms with Gasteiger partial charge in [0, 0.05) is 6.04 Å². The van der Waals surface area contributed by atoms with E-state index in [4.69, 9.17) is 9.47 Å². The van der Waals surface area contributed by atoms with E-state index in [9.17, 15) is 19.5 Å². The molecule has 0 aliphatic heterocycles. The number of alkyl carbamates (subject to hydrolysis) is 2. The fourth-order valence-corrected chi connectivity index (χ4v) is 3.67. The molecule has 0 heterocycles. The molecule has 4 N–H and O–H groups in total. The first-order valence-corrected chi connectivity index (χ1v) is 12.1. The van der Waals surface area contributed by atoms with Crippen molar-refractivity contribution in [2.45, 2.75) is 65.0 Å². The fraction of sp³-hybridized carbons (Fsp3) is 0.444. The highest BCUT2D eigenvalue weighted by atomic mass is 16.6. The van der Waals surface area contributed by atoms with E-state index in [1.165, 1.54) is 0 Å². The number of ether oxygens (including phenoxy) is 2. The summed E-state index contributed by atoms with van der Waals surface area (Å²) in [6.45, 7) is 5.63. The van der Waals surface area contributed by atoms with Gasteiger partial charge in [0.05, 0.1) is 12.1 Å². The maximum atomic E-state index is 12.1. The summed E-state index contributed by atoms with van der Waals surface area (Å²) in [6.07, 6.45) is -0.972. The number of hydrogen-bond acceptors (Lipinski definition) is 6. The van der Waals surface area contributed by atoms with Gasteiger partial charge in [0.1, 0.15) is 19.8 Å². The topological polar surface area (TPSA) is 126 Å². The third-order valence-electron chi connectivity index (χ3n) is 5.55. The number of benzene rings is 2. The van der Waals surface area contributed by atoms with E-state index in [-0.39, 0.29) is 37.6 Å². The van der Waals surface area contributed by atoms with Crippen LogP contribution in [0.3, 0.4) is 0 Å². The summed E-state index contributed by atoms with van der Waals surface area (Å²) in [6, 6.07) is 17.9. The van der Waals surface area contributed by atoms with Crippen LogP contribution in [0, 0.1) is 5.92 Å². The van der Waals surface area contributed by atoms with Gasteiger partial charge in [0.15, 0.2) is 0 Å². The van der Waals surface area contributed by atoms with Crippen LogP contribution in [0.1, 0.15) is 44.7 Å². The highest BCUT2D eigenvalue weighted by molar-refractivity contribution is 5.82. The Balaban J connectivity index is 1.60. The normalized spacial score (nSPS) is 14.0. The number of amides is 3. The number of carbonyl (C=O) groups excluding carboxylic acids is 3. The maximum Gasteiger partial charge on any atom is 0.407 e. The minimum absolute atomic E-state index is 0.0729. The van der Waals surface area contributed by atoms with Crippen LogP contribution in [0.2, 0.25) is 0 Å². The van der Waals surface area contributed by atoms with Crippen molar-refractivity contribution in [3.05, 3.63) is 71.8 Å². The van der Waals surface area contributed by atoms with Gasteiger partial charge in [-0.15, -0.1) is 0 Å². The number of nitrogens with one attached hydrogen (secondary N) is 3. The van der Waals surface area contributed by atoms with Crippen molar-refractivity contribution in [2.24, 2.45) is 5.92 Å². The van der Waals surface area contributed by atoms with E-state index in [1.54, 1.807) is 6.92 Å². The van der Waals surface area contributed by atoms with Crippen LogP contribution in [-0.4, -0.2) is 47.9 Å². The van der Waals surface area contributed by atoms with E-state index in [1.807, 2.05) is 74.5 Å². The van der Waals surface area contributed by atoms with E-state index >= 15 is 0 Å². The number of carbonyl (C=O) groups is 3. The lowest BCUT2D eigenvalue weighted by molar-refractivity contribution is -0.120. The maximum absolute atomic E-state index is 12.1. The van der Waals surface area contributed by atoms with Crippen molar-refractivity contribution >= 4 is 18.1 Å². The number of rotatable bonds is 13. The van der Waals surface area contributed by atoms with Gasteiger partial charge in [0.2, 0.25) is 5.91 Å². The Hall–Kier alpha value is -3.59. The monoisotopic (exact) mass is 499 g/mol. The van der Waals surface area contributed by atoms with Crippen LogP contribution in [0.4, 0.5) is 9.59 Å². The minimum atomic E-state index is -0.770. The van der Waals surface area contributed by atoms with Crippen molar-refractivity contribution in [3.8, 4) is 0 Å². The molecule has 3 amide bonds. The molecule has 9 heteroatoms. The summed E-state index contributed by atoms with van der Waals surface area (Å²) in [5.41, 5.74) is 1.74. The predicted molar refractivity (Wildman–Crippen MR) is 136 cm³/mol. The quantitative estimate of drug-likeness (QED) is 0.334. The number of aliphatic hydroxyl groups is 1. The second-order valence-corrected chi connectivity index (χ2v) is 9.02. The van der Waals surface area contributed by atoms with Crippen LogP contribution >= 0.6 is 0 Å². The molecule has 2 rings (SSSR count). The van der Waals surface area contributed by atoms with Gasteiger partial charge < -0.3 is 30.5 Å². The second-order valence-electron chi connectivity index (χ2n) is 9.02. The molecule has 0 aliphatic rings. The van der Waals surface area contributed by atoms with Gasteiger partial charge in [-0.25, -0.2) is 9.59 Å². The third kappa shape index (κ3) is 11.7. The lowest BCUT2D eigenvalue weighted by Gasteiger charge is -2.25. The Morgan fingerprint density at radius 3 is 1.86 bits per heavy atom. The van der Waals surface area contributed by atoms with Crippen molar-refractivity contribution in [1.82, 2.24) is 16.0 Å². The highest BCUT2D eigenvalue weighted by Gasteiger charge is 2.21. The molecule has 0 spiro atoms. The van der Waals surface area contributed by atoms with Gasteiger partial charge in [-0.2, -0.15) is 0 Å². The predicted octanol–water partition coefficient (Wildman–Crippen LogP) is 3.51. The molecule has 0 saturated carbocycles. The molecule has 2 aromatic rings.